The van der Waals surface area contributed by atoms with Gasteiger partial charge in [-0.05, 0) is 31.9 Å². The Hall–Kier alpha value is -3.67. The molecule has 0 spiro atoms. The minimum absolute atomic E-state index is 0.0399. The fraction of sp³-hybridized carbons (Fsp3) is 0.542. The molecule has 3 N–H and O–H groups in total. The molecule has 3 amide bonds. The van der Waals surface area contributed by atoms with Crippen LogP contribution >= 0.6 is 0 Å². The second-order valence-electron chi connectivity index (χ2n) is 9.36. The van der Waals surface area contributed by atoms with E-state index in [4.69, 9.17) is 9.84 Å². The van der Waals surface area contributed by atoms with Crippen molar-refractivity contribution in [3.63, 3.8) is 0 Å². The van der Waals surface area contributed by atoms with E-state index in [0.717, 1.165) is 12.0 Å². The quantitative estimate of drug-likeness (QED) is 0.399. The summed E-state index contributed by atoms with van der Waals surface area (Å²) in [4.78, 5) is 64.6. The SMILES string of the molecule is COC(=O)C[C@H]1C(=O)N(CC(=O)O)CCN1C(=O)[C@H](Cc1ccc(CO)cc1)NC(=O)OC(C)(C)C. The van der Waals surface area contributed by atoms with Crippen LogP contribution in [0.25, 0.3) is 0 Å². The Morgan fingerprint density at radius 3 is 2.25 bits per heavy atom. The van der Waals surface area contributed by atoms with Gasteiger partial charge >= 0.3 is 18.0 Å². The molecule has 0 bridgehead atoms. The fourth-order valence-electron chi connectivity index (χ4n) is 3.73. The Bertz CT molecular complexity index is 972. The molecule has 1 fully saturated rings. The molecule has 0 aromatic heterocycles. The summed E-state index contributed by atoms with van der Waals surface area (Å²) >= 11 is 0. The van der Waals surface area contributed by atoms with Crippen molar-refractivity contribution in [1.82, 2.24) is 15.1 Å². The van der Waals surface area contributed by atoms with E-state index in [2.05, 4.69) is 10.1 Å². The van der Waals surface area contributed by atoms with Crippen LogP contribution in [0.5, 0.6) is 0 Å². The number of aliphatic hydroxyl groups excluding tert-OH is 1. The number of rotatable bonds is 9. The van der Waals surface area contributed by atoms with Crippen molar-refractivity contribution in [2.75, 3.05) is 26.7 Å². The Morgan fingerprint density at radius 1 is 1.11 bits per heavy atom. The van der Waals surface area contributed by atoms with Gasteiger partial charge in [-0.15, -0.1) is 0 Å². The smallest absolute Gasteiger partial charge is 0.408 e. The van der Waals surface area contributed by atoms with Gasteiger partial charge in [0.25, 0.3) is 0 Å². The lowest BCUT2D eigenvalue weighted by molar-refractivity contribution is -0.159. The van der Waals surface area contributed by atoms with E-state index < -0.39 is 60.5 Å². The summed E-state index contributed by atoms with van der Waals surface area (Å²) in [6, 6.07) is 4.31. The number of amides is 3. The predicted molar refractivity (Wildman–Crippen MR) is 126 cm³/mol. The number of aliphatic carboxylic acids is 1. The Balaban J connectivity index is 2.35. The number of piperazine rings is 1. The van der Waals surface area contributed by atoms with Crippen LogP contribution < -0.4 is 5.32 Å². The highest BCUT2D eigenvalue weighted by molar-refractivity contribution is 5.95. The van der Waals surface area contributed by atoms with Gasteiger partial charge in [0.2, 0.25) is 11.8 Å². The molecule has 1 aliphatic rings. The maximum atomic E-state index is 13.7. The van der Waals surface area contributed by atoms with Gasteiger partial charge in [-0.2, -0.15) is 0 Å². The summed E-state index contributed by atoms with van der Waals surface area (Å²) < 4.78 is 9.97. The van der Waals surface area contributed by atoms with Crippen molar-refractivity contribution in [3.05, 3.63) is 35.4 Å². The topological polar surface area (TPSA) is 163 Å². The minimum Gasteiger partial charge on any atom is -0.480 e. The van der Waals surface area contributed by atoms with E-state index in [1.807, 2.05) is 0 Å². The number of aliphatic hydroxyl groups is 1. The third-order valence-corrected chi connectivity index (χ3v) is 5.42. The van der Waals surface area contributed by atoms with Crippen LogP contribution in [0.15, 0.2) is 24.3 Å². The van der Waals surface area contributed by atoms with Crippen LogP contribution in [0.4, 0.5) is 4.79 Å². The largest absolute Gasteiger partial charge is 0.480 e. The first-order chi connectivity index (χ1) is 16.8. The third-order valence-electron chi connectivity index (χ3n) is 5.42. The van der Waals surface area contributed by atoms with Crippen molar-refractivity contribution in [2.45, 2.75) is 57.9 Å². The van der Waals surface area contributed by atoms with Gasteiger partial charge in [-0.25, -0.2) is 4.79 Å². The predicted octanol–water partition coefficient (Wildman–Crippen LogP) is 0.302. The van der Waals surface area contributed by atoms with Crippen molar-refractivity contribution in [1.29, 1.82) is 0 Å². The van der Waals surface area contributed by atoms with Gasteiger partial charge in [-0.1, -0.05) is 24.3 Å². The first kappa shape index (κ1) is 28.6. The maximum Gasteiger partial charge on any atom is 0.408 e. The van der Waals surface area contributed by atoms with Gasteiger partial charge in [0.1, 0.15) is 24.2 Å². The third kappa shape index (κ3) is 8.22. The number of carboxylic acids is 1. The summed E-state index contributed by atoms with van der Waals surface area (Å²) in [5.41, 5.74) is 0.508. The number of carboxylic acid groups (broad SMARTS) is 1. The minimum atomic E-state index is -1.29. The highest BCUT2D eigenvalue weighted by Gasteiger charge is 2.42. The van der Waals surface area contributed by atoms with E-state index in [0.29, 0.717) is 11.1 Å². The first-order valence-electron chi connectivity index (χ1n) is 11.4. The summed E-state index contributed by atoms with van der Waals surface area (Å²) in [5.74, 6) is -3.31. The molecule has 12 heteroatoms. The summed E-state index contributed by atoms with van der Waals surface area (Å²) in [6.45, 7) is 4.18. The Morgan fingerprint density at radius 2 is 1.72 bits per heavy atom. The van der Waals surface area contributed by atoms with Gasteiger partial charge in [0, 0.05) is 19.5 Å². The molecule has 1 saturated heterocycles. The number of carbonyl (C=O) groups is 5. The second-order valence-corrected chi connectivity index (χ2v) is 9.36. The van der Waals surface area contributed by atoms with Crippen molar-refractivity contribution in [3.8, 4) is 0 Å². The summed E-state index contributed by atoms with van der Waals surface area (Å²) in [7, 11) is 1.14. The number of benzene rings is 1. The van der Waals surface area contributed by atoms with Gasteiger partial charge in [0.05, 0.1) is 20.1 Å². The number of nitrogens with zero attached hydrogens (tertiary/aromatic N) is 2. The normalized spacial score (nSPS) is 16.8. The number of ether oxygens (including phenoxy) is 2. The highest BCUT2D eigenvalue weighted by atomic mass is 16.6. The lowest BCUT2D eigenvalue weighted by Crippen LogP contribution is -2.63. The molecule has 0 aliphatic carbocycles. The molecule has 1 aromatic rings. The van der Waals surface area contributed by atoms with Gasteiger partial charge in [0.15, 0.2) is 0 Å². The van der Waals surface area contributed by atoms with Crippen LogP contribution in [0.3, 0.4) is 0 Å². The van der Waals surface area contributed by atoms with Crippen LogP contribution in [-0.4, -0.2) is 94.3 Å². The average Bonchev–Trinajstić information content (AvgIpc) is 2.79. The van der Waals surface area contributed by atoms with Crippen LogP contribution in [-0.2, 0) is 41.7 Å². The lowest BCUT2D eigenvalue weighted by Gasteiger charge is -2.41. The van der Waals surface area contributed by atoms with Gasteiger partial charge < -0.3 is 34.8 Å². The standard InChI is InChI=1S/C24H33N3O9/c1-24(2,3)36-23(34)25-17(11-15-5-7-16(14-28)8-6-15)21(32)27-10-9-26(13-19(29)30)22(33)18(27)12-20(31)35-4/h5-8,17-18,28H,9-14H2,1-4H3,(H,25,34)(H,29,30)/t17-,18-/m0/s1. The molecule has 2 atom stereocenters. The van der Waals surface area contributed by atoms with E-state index in [1.165, 1.54) is 4.90 Å². The number of hydrogen-bond acceptors (Lipinski definition) is 8. The van der Waals surface area contributed by atoms with Crippen molar-refractivity contribution >= 4 is 29.8 Å². The molecule has 198 valence electrons. The second kappa shape index (κ2) is 12.3. The average molecular weight is 508 g/mol. The van der Waals surface area contributed by atoms with E-state index in [-0.39, 0.29) is 26.1 Å². The fourth-order valence-corrected chi connectivity index (χ4v) is 3.73. The monoisotopic (exact) mass is 507 g/mol. The number of alkyl carbamates (subject to hydrolysis) is 1. The Labute approximate surface area is 209 Å². The lowest BCUT2D eigenvalue weighted by atomic mass is 10.0. The molecular formula is C24H33N3O9. The molecule has 0 radical (unpaired) electrons. The number of nitrogens with one attached hydrogen (secondary N) is 1. The zero-order valence-electron chi connectivity index (χ0n) is 20.9. The molecule has 0 saturated carbocycles. The molecule has 1 aromatic carbocycles. The zero-order valence-corrected chi connectivity index (χ0v) is 20.9. The molecule has 36 heavy (non-hydrogen) atoms. The molecule has 12 nitrogen and oxygen atoms in total. The van der Waals surface area contributed by atoms with Crippen LogP contribution in [0.2, 0.25) is 0 Å². The van der Waals surface area contributed by atoms with E-state index >= 15 is 0 Å². The summed E-state index contributed by atoms with van der Waals surface area (Å²) in [6.07, 6.45) is -1.27. The molecule has 1 heterocycles. The summed E-state index contributed by atoms with van der Waals surface area (Å²) in [5, 5.41) is 20.9. The number of carbonyl (C=O) groups excluding carboxylic acids is 4. The molecule has 2 rings (SSSR count). The maximum absolute atomic E-state index is 13.7. The molecule has 0 unspecified atom stereocenters. The number of methoxy groups -OCH3 is 1. The van der Waals surface area contributed by atoms with E-state index in [9.17, 15) is 29.1 Å². The molecule has 1 aliphatic heterocycles. The van der Waals surface area contributed by atoms with Crippen LogP contribution in [0, 0.1) is 0 Å². The zero-order chi connectivity index (χ0) is 27.0. The van der Waals surface area contributed by atoms with E-state index in [1.54, 1.807) is 45.0 Å². The molecular weight excluding hydrogens is 474 g/mol. The first-order valence-corrected chi connectivity index (χ1v) is 11.4. The highest BCUT2D eigenvalue weighted by Crippen LogP contribution is 2.19. The van der Waals surface area contributed by atoms with Crippen molar-refractivity contribution in [2.24, 2.45) is 0 Å². The van der Waals surface area contributed by atoms with Gasteiger partial charge in [-0.3, -0.25) is 19.2 Å². The van der Waals surface area contributed by atoms with Crippen LogP contribution in [0.1, 0.15) is 38.3 Å². The number of hydrogen-bond donors (Lipinski definition) is 3. The van der Waals surface area contributed by atoms with Crippen molar-refractivity contribution < 1.29 is 43.7 Å². The Kier molecular flexibility index (Phi) is 9.79. The number of esters is 1.